The van der Waals surface area contributed by atoms with Crippen molar-refractivity contribution >= 4 is 5.91 Å². The zero-order valence-corrected chi connectivity index (χ0v) is 7.96. The van der Waals surface area contributed by atoms with E-state index >= 15 is 0 Å². The summed E-state index contributed by atoms with van der Waals surface area (Å²) < 4.78 is 0. The van der Waals surface area contributed by atoms with E-state index in [0.717, 1.165) is 4.90 Å². The Balaban J connectivity index is 4.11. The molecule has 84 valence electrons. The second-order valence-corrected chi connectivity index (χ2v) is 2.80. The molecule has 0 fully saturated rings. The van der Waals surface area contributed by atoms with Crippen LogP contribution >= 0.6 is 0 Å². The van der Waals surface area contributed by atoms with Crippen molar-refractivity contribution in [2.24, 2.45) is 0 Å². The van der Waals surface area contributed by atoms with Crippen molar-refractivity contribution in [1.29, 1.82) is 0 Å². The van der Waals surface area contributed by atoms with E-state index in [9.17, 15) is 9.90 Å². The first-order valence-corrected chi connectivity index (χ1v) is 4.46. The Morgan fingerprint density at radius 3 is 1.93 bits per heavy atom. The second kappa shape index (κ2) is 7.69. The van der Waals surface area contributed by atoms with Crippen LogP contribution in [0.4, 0.5) is 0 Å². The van der Waals surface area contributed by atoms with Crippen molar-refractivity contribution in [1.82, 2.24) is 4.90 Å². The van der Waals surface area contributed by atoms with Gasteiger partial charge in [0.05, 0.1) is 13.2 Å². The third kappa shape index (κ3) is 4.52. The number of amides is 1. The molecule has 4 N–H and O–H groups in total. The molecule has 0 bridgehead atoms. The van der Waals surface area contributed by atoms with Gasteiger partial charge in [0.1, 0.15) is 6.10 Å². The van der Waals surface area contributed by atoms with Crippen molar-refractivity contribution in [3.63, 3.8) is 0 Å². The molecule has 0 aliphatic rings. The lowest BCUT2D eigenvalue weighted by Crippen LogP contribution is -2.42. The molecule has 14 heavy (non-hydrogen) atoms. The summed E-state index contributed by atoms with van der Waals surface area (Å²) in [6, 6.07) is 0. The van der Waals surface area contributed by atoms with Gasteiger partial charge in [-0.2, -0.15) is 0 Å². The van der Waals surface area contributed by atoms with Crippen molar-refractivity contribution in [3.8, 4) is 0 Å². The van der Waals surface area contributed by atoms with Crippen LogP contribution in [-0.2, 0) is 4.79 Å². The minimum absolute atomic E-state index is 0.0355. The molecular weight excluding hydrogens is 190 g/mol. The molecule has 6 heteroatoms. The Morgan fingerprint density at radius 2 is 1.57 bits per heavy atom. The molecule has 0 aliphatic carbocycles. The fraction of sp³-hybridized carbons (Fsp3) is 0.875. The maximum atomic E-state index is 11.4. The number of carbonyl (C=O) groups is 1. The Kier molecular flexibility index (Phi) is 7.31. The molecule has 0 aromatic heterocycles. The normalized spacial score (nSPS) is 12.6. The van der Waals surface area contributed by atoms with Crippen LogP contribution in [-0.4, -0.2) is 70.2 Å². The molecule has 1 unspecified atom stereocenters. The number of nitrogens with zero attached hydrogens (tertiary/aromatic N) is 1. The average Bonchev–Trinajstić information content (AvgIpc) is 2.17. The van der Waals surface area contributed by atoms with E-state index in [1.807, 2.05) is 0 Å². The summed E-state index contributed by atoms with van der Waals surface area (Å²) in [6.45, 7) is -0.585. The van der Waals surface area contributed by atoms with E-state index in [1.165, 1.54) is 0 Å². The molecule has 0 saturated carbocycles. The Labute approximate surface area is 82.4 Å². The first-order valence-electron chi connectivity index (χ1n) is 4.46. The third-order valence-corrected chi connectivity index (χ3v) is 1.74. The first kappa shape index (κ1) is 13.3. The molecule has 0 spiro atoms. The smallest absolute Gasteiger partial charge is 0.251 e. The number of rotatable bonds is 7. The lowest BCUT2D eigenvalue weighted by atomic mass is 10.2. The molecule has 0 aliphatic heterocycles. The molecule has 1 amide bonds. The highest BCUT2D eigenvalue weighted by Gasteiger charge is 2.20. The SMILES string of the molecule is O=C(C(O)CCO)N(CCO)CCO. The minimum atomic E-state index is -1.27. The van der Waals surface area contributed by atoms with Crippen molar-refractivity contribution < 1.29 is 25.2 Å². The monoisotopic (exact) mass is 207 g/mol. The highest BCUT2D eigenvalue weighted by Crippen LogP contribution is 1.98. The summed E-state index contributed by atoms with van der Waals surface area (Å²) in [4.78, 5) is 12.5. The number of carbonyl (C=O) groups excluding carboxylic acids is 1. The number of aliphatic hydroxyl groups excluding tert-OH is 4. The van der Waals surface area contributed by atoms with Crippen LogP contribution in [0.2, 0.25) is 0 Å². The van der Waals surface area contributed by atoms with Gasteiger partial charge in [0.15, 0.2) is 0 Å². The summed E-state index contributed by atoms with van der Waals surface area (Å²) >= 11 is 0. The molecule has 0 radical (unpaired) electrons. The van der Waals surface area contributed by atoms with Gasteiger partial charge >= 0.3 is 0 Å². The van der Waals surface area contributed by atoms with E-state index in [1.54, 1.807) is 0 Å². The molecule has 6 nitrogen and oxygen atoms in total. The topological polar surface area (TPSA) is 101 Å². The number of hydrogen-bond donors (Lipinski definition) is 4. The van der Waals surface area contributed by atoms with Gasteiger partial charge in [0, 0.05) is 26.1 Å². The largest absolute Gasteiger partial charge is 0.396 e. The second-order valence-electron chi connectivity index (χ2n) is 2.80. The highest BCUT2D eigenvalue weighted by atomic mass is 16.3. The van der Waals surface area contributed by atoms with Crippen LogP contribution in [0.1, 0.15) is 6.42 Å². The van der Waals surface area contributed by atoms with Gasteiger partial charge in [-0.25, -0.2) is 0 Å². The van der Waals surface area contributed by atoms with Crippen LogP contribution < -0.4 is 0 Å². The van der Waals surface area contributed by atoms with Crippen molar-refractivity contribution in [3.05, 3.63) is 0 Å². The summed E-state index contributed by atoms with van der Waals surface area (Å²) in [5.74, 6) is -0.581. The first-order chi connectivity index (χ1) is 6.67. The predicted molar refractivity (Wildman–Crippen MR) is 48.5 cm³/mol. The van der Waals surface area contributed by atoms with E-state index in [4.69, 9.17) is 15.3 Å². The Bertz CT molecular complexity index is 158. The number of aliphatic hydroxyl groups is 4. The van der Waals surface area contributed by atoms with Crippen molar-refractivity contribution in [2.75, 3.05) is 32.9 Å². The quantitative estimate of drug-likeness (QED) is 0.371. The van der Waals surface area contributed by atoms with Gasteiger partial charge in [-0.15, -0.1) is 0 Å². The van der Waals surface area contributed by atoms with Crippen LogP contribution in [0.15, 0.2) is 0 Å². The molecular formula is C8H17NO5. The zero-order valence-electron chi connectivity index (χ0n) is 7.96. The maximum Gasteiger partial charge on any atom is 0.251 e. The molecule has 0 aromatic rings. The number of hydrogen-bond acceptors (Lipinski definition) is 5. The van der Waals surface area contributed by atoms with Gasteiger partial charge in [-0.1, -0.05) is 0 Å². The standard InChI is InChI=1S/C8H17NO5/c10-4-1-7(13)8(14)9(2-5-11)3-6-12/h7,10-13H,1-6H2. The predicted octanol–water partition coefficient (Wildman–Crippen LogP) is -2.46. The molecule has 0 rings (SSSR count). The maximum absolute atomic E-state index is 11.4. The lowest BCUT2D eigenvalue weighted by Gasteiger charge is -2.23. The minimum Gasteiger partial charge on any atom is -0.396 e. The van der Waals surface area contributed by atoms with Crippen molar-refractivity contribution in [2.45, 2.75) is 12.5 Å². The molecule has 0 heterocycles. The summed E-state index contributed by atoms with van der Waals surface area (Å²) in [7, 11) is 0. The average molecular weight is 207 g/mol. The van der Waals surface area contributed by atoms with Gasteiger partial charge in [0.2, 0.25) is 0 Å². The van der Waals surface area contributed by atoms with Gasteiger partial charge in [-0.3, -0.25) is 4.79 Å². The van der Waals surface area contributed by atoms with Crippen LogP contribution in [0.5, 0.6) is 0 Å². The summed E-state index contributed by atoms with van der Waals surface area (Å²) in [6.07, 6.45) is -1.30. The van der Waals surface area contributed by atoms with Gasteiger partial charge in [0.25, 0.3) is 5.91 Å². The fourth-order valence-corrected chi connectivity index (χ4v) is 1.03. The summed E-state index contributed by atoms with van der Waals surface area (Å²) in [5, 5.41) is 35.0. The van der Waals surface area contributed by atoms with Gasteiger partial charge < -0.3 is 25.3 Å². The van der Waals surface area contributed by atoms with Crippen LogP contribution in [0, 0.1) is 0 Å². The molecule has 1 atom stereocenters. The van der Waals surface area contributed by atoms with E-state index < -0.39 is 12.0 Å². The van der Waals surface area contributed by atoms with Crippen LogP contribution in [0.25, 0.3) is 0 Å². The van der Waals surface area contributed by atoms with Gasteiger partial charge in [-0.05, 0) is 0 Å². The Hall–Kier alpha value is -0.690. The van der Waals surface area contributed by atoms with E-state index in [2.05, 4.69) is 0 Å². The molecule has 0 saturated heterocycles. The highest BCUT2D eigenvalue weighted by molar-refractivity contribution is 5.80. The van der Waals surface area contributed by atoms with Crippen LogP contribution in [0.3, 0.4) is 0 Å². The van der Waals surface area contributed by atoms with E-state index in [-0.39, 0.29) is 39.3 Å². The zero-order chi connectivity index (χ0) is 11.0. The fourth-order valence-electron chi connectivity index (χ4n) is 1.03. The third-order valence-electron chi connectivity index (χ3n) is 1.74. The molecule has 0 aromatic carbocycles. The lowest BCUT2D eigenvalue weighted by molar-refractivity contribution is -0.142. The summed E-state index contributed by atoms with van der Waals surface area (Å²) in [5.41, 5.74) is 0. The van der Waals surface area contributed by atoms with E-state index in [0.29, 0.717) is 0 Å². The Morgan fingerprint density at radius 1 is 1.07 bits per heavy atom.